The van der Waals surface area contributed by atoms with Gasteiger partial charge in [-0.2, -0.15) is 0 Å². The van der Waals surface area contributed by atoms with Crippen molar-refractivity contribution in [1.82, 2.24) is 5.43 Å². The molecule has 0 spiro atoms. The van der Waals surface area contributed by atoms with Crippen LogP contribution < -0.4 is 16.0 Å². The Kier molecular flexibility index (Phi) is 5.16. The molecule has 0 bridgehead atoms. The summed E-state index contributed by atoms with van der Waals surface area (Å²) in [5, 5.41) is 0. The first-order chi connectivity index (χ1) is 9.71. The minimum absolute atomic E-state index is 0.227. The van der Waals surface area contributed by atoms with Crippen LogP contribution in [0.4, 0.5) is 0 Å². The van der Waals surface area contributed by atoms with Crippen molar-refractivity contribution in [2.24, 2.45) is 5.84 Å². The zero-order chi connectivity index (χ0) is 14.4. The monoisotopic (exact) mass is 270 g/mol. The summed E-state index contributed by atoms with van der Waals surface area (Å²) in [5.41, 5.74) is 6.75. The summed E-state index contributed by atoms with van der Waals surface area (Å²) in [6, 6.07) is 16.9. The van der Waals surface area contributed by atoms with Crippen molar-refractivity contribution in [3.63, 3.8) is 0 Å². The second-order valence-electron chi connectivity index (χ2n) is 5.11. The number of nitrogens with two attached hydrogens (primary N) is 1. The summed E-state index contributed by atoms with van der Waals surface area (Å²) in [5.74, 6) is 6.57. The van der Waals surface area contributed by atoms with E-state index in [1.807, 2.05) is 12.1 Å². The van der Waals surface area contributed by atoms with Crippen molar-refractivity contribution >= 4 is 0 Å². The first-order valence-corrected chi connectivity index (χ1v) is 6.86. The van der Waals surface area contributed by atoms with Gasteiger partial charge in [0, 0.05) is 6.04 Å². The molecule has 0 aliphatic heterocycles. The lowest BCUT2D eigenvalue weighted by Gasteiger charge is -2.16. The summed E-state index contributed by atoms with van der Waals surface area (Å²) < 4.78 is 5.17. The SMILES string of the molecule is COc1ccc(CC(Cc2cccc(C)c2)NN)cc1. The molecule has 0 fully saturated rings. The maximum atomic E-state index is 5.69. The van der Waals surface area contributed by atoms with Crippen molar-refractivity contribution in [3.05, 3.63) is 65.2 Å². The Bertz CT molecular complexity index is 537. The number of benzene rings is 2. The van der Waals surface area contributed by atoms with Gasteiger partial charge in [0.05, 0.1) is 7.11 Å². The lowest BCUT2D eigenvalue weighted by Crippen LogP contribution is -2.38. The molecule has 0 saturated heterocycles. The number of nitrogens with one attached hydrogen (secondary N) is 1. The van der Waals surface area contributed by atoms with E-state index in [-0.39, 0.29) is 6.04 Å². The average Bonchev–Trinajstić information content (AvgIpc) is 2.47. The van der Waals surface area contributed by atoms with Gasteiger partial charge in [0.15, 0.2) is 0 Å². The standard InChI is InChI=1S/C17H22N2O/c1-13-4-3-5-15(10-13)12-16(19-18)11-14-6-8-17(20-2)9-7-14/h3-10,16,19H,11-12,18H2,1-2H3. The molecule has 0 aromatic heterocycles. The molecule has 0 aliphatic carbocycles. The Morgan fingerprint density at radius 2 is 1.75 bits per heavy atom. The van der Waals surface area contributed by atoms with E-state index < -0.39 is 0 Å². The maximum absolute atomic E-state index is 5.69. The van der Waals surface area contributed by atoms with Crippen molar-refractivity contribution in [3.8, 4) is 5.75 Å². The highest BCUT2D eigenvalue weighted by molar-refractivity contribution is 5.28. The fraction of sp³-hybridized carbons (Fsp3) is 0.294. The van der Waals surface area contributed by atoms with Gasteiger partial charge in [-0.3, -0.25) is 11.3 Å². The second kappa shape index (κ2) is 7.08. The molecule has 0 radical (unpaired) electrons. The van der Waals surface area contributed by atoms with E-state index in [1.165, 1.54) is 16.7 Å². The van der Waals surface area contributed by atoms with Crippen LogP contribution in [0.5, 0.6) is 5.75 Å². The molecule has 106 valence electrons. The van der Waals surface area contributed by atoms with Crippen LogP contribution in [0.3, 0.4) is 0 Å². The topological polar surface area (TPSA) is 47.3 Å². The molecule has 2 rings (SSSR count). The first-order valence-electron chi connectivity index (χ1n) is 6.86. The van der Waals surface area contributed by atoms with E-state index in [0.29, 0.717) is 0 Å². The van der Waals surface area contributed by atoms with Gasteiger partial charge in [-0.05, 0) is 43.0 Å². The average molecular weight is 270 g/mol. The Morgan fingerprint density at radius 3 is 2.35 bits per heavy atom. The molecule has 3 N–H and O–H groups in total. The van der Waals surface area contributed by atoms with Crippen molar-refractivity contribution in [2.45, 2.75) is 25.8 Å². The van der Waals surface area contributed by atoms with Gasteiger partial charge in [0.1, 0.15) is 5.75 Å². The molecule has 1 unspecified atom stereocenters. The minimum atomic E-state index is 0.227. The third kappa shape index (κ3) is 4.08. The van der Waals surface area contributed by atoms with Crippen LogP contribution in [-0.2, 0) is 12.8 Å². The predicted molar refractivity (Wildman–Crippen MR) is 82.7 cm³/mol. The molecule has 0 saturated carbocycles. The van der Waals surface area contributed by atoms with Gasteiger partial charge in [0.2, 0.25) is 0 Å². The van der Waals surface area contributed by atoms with Crippen LogP contribution in [0.25, 0.3) is 0 Å². The van der Waals surface area contributed by atoms with Crippen LogP contribution in [0.1, 0.15) is 16.7 Å². The zero-order valence-corrected chi connectivity index (χ0v) is 12.1. The normalized spacial score (nSPS) is 12.2. The van der Waals surface area contributed by atoms with Gasteiger partial charge in [0.25, 0.3) is 0 Å². The molecule has 1 atom stereocenters. The third-order valence-electron chi connectivity index (χ3n) is 3.44. The fourth-order valence-corrected chi connectivity index (χ4v) is 2.36. The molecule has 20 heavy (non-hydrogen) atoms. The van der Waals surface area contributed by atoms with Crippen molar-refractivity contribution < 1.29 is 4.74 Å². The quantitative estimate of drug-likeness (QED) is 0.626. The van der Waals surface area contributed by atoms with E-state index in [2.05, 4.69) is 48.7 Å². The highest BCUT2D eigenvalue weighted by atomic mass is 16.5. The molecule has 0 heterocycles. The van der Waals surface area contributed by atoms with E-state index in [9.17, 15) is 0 Å². The second-order valence-corrected chi connectivity index (χ2v) is 5.11. The van der Waals surface area contributed by atoms with Gasteiger partial charge in [-0.15, -0.1) is 0 Å². The number of aryl methyl sites for hydroxylation is 1. The first kappa shape index (κ1) is 14.6. The Hall–Kier alpha value is -1.84. The third-order valence-corrected chi connectivity index (χ3v) is 3.44. The van der Waals surface area contributed by atoms with Gasteiger partial charge in [-0.25, -0.2) is 0 Å². The van der Waals surface area contributed by atoms with Crippen molar-refractivity contribution in [1.29, 1.82) is 0 Å². The van der Waals surface area contributed by atoms with Crippen LogP contribution in [0.15, 0.2) is 48.5 Å². The lowest BCUT2D eigenvalue weighted by molar-refractivity contribution is 0.414. The van der Waals surface area contributed by atoms with Gasteiger partial charge < -0.3 is 4.74 Å². The molecule has 2 aromatic rings. The fourth-order valence-electron chi connectivity index (χ4n) is 2.36. The van der Waals surface area contributed by atoms with Crippen LogP contribution in [-0.4, -0.2) is 13.2 Å². The van der Waals surface area contributed by atoms with Gasteiger partial charge >= 0.3 is 0 Å². The molecule has 0 aliphatic rings. The summed E-state index contributed by atoms with van der Waals surface area (Å²) >= 11 is 0. The highest BCUT2D eigenvalue weighted by Crippen LogP contribution is 2.14. The Balaban J connectivity index is 2.01. The smallest absolute Gasteiger partial charge is 0.118 e. The molecule has 3 heteroatoms. The number of methoxy groups -OCH3 is 1. The number of hydrogen-bond acceptors (Lipinski definition) is 3. The summed E-state index contributed by atoms with van der Waals surface area (Å²) in [6.07, 6.45) is 1.82. The molecule has 3 nitrogen and oxygen atoms in total. The van der Waals surface area contributed by atoms with Crippen LogP contribution in [0.2, 0.25) is 0 Å². The van der Waals surface area contributed by atoms with Crippen molar-refractivity contribution in [2.75, 3.05) is 7.11 Å². The zero-order valence-electron chi connectivity index (χ0n) is 12.1. The largest absolute Gasteiger partial charge is 0.497 e. The van der Waals surface area contributed by atoms with E-state index in [1.54, 1.807) is 7.11 Å². The number of ether oxygens (including phenoxy) is 1. The summed E-state index contributed by atoms with van der Waals surface area (Å²) in [6.45, 7) is 2.11. The lowest BCUT2D eigenvalue weighted by atomic mass is 9.98. The van der Waals surface area contributed by atoms with E-state index >= 15 is 0 Å². The van der Waals surface area contributed by atoms with Crippen LogP contribution in [0, 0.1) is 6.92 Å². The summed E-state index contributed by atoms with van der Waals surface area (Å²) in [7, 11) is 1.68. The van der Waals surface area contributed by atoms with Crippen LogP contribution >= 0.6 is 0 Å². The van der Waals surface area contributed by atoms with Gasteiger partial charge in [-0.1, -0.05) is 42.0 Å². The number of hydrogen-bond donors (Lipinski definition) is 2. The minimum Gasteiger partial charge on any atom is -0.497 e. The summed E-state index contributed by atoms with van der Waals surface area (Å²) in [4.78, 5) is 0. The molecule has 2 aromatic carbocycles. The van der Waals surface area contributed by atoms with E-state index in [4.69, 9.17) is 10.6 Å². The number of rotatable bonds is 6. The highest BCUT2D eigenvalue weighted by Gasteiger charge is 2.09. The molecular formula is C17H22N2O. The molecule has 0 amide bonds. The predicted octanol–water partition coefficient (Wildman–Crippen LogP) is 2.62. The van der Waals surface area contributed by atoms with E-state index in [0.717, 1.165) is 18.6 Å². The maximum Gasteiger partial charge on any atom is 0.118 e. The number of hydrazine groups is 1. The Labute approximate surface area is 120 Å². The Morgan fingerprint density at radius 1 is 1.05 bits per heavy atom. The molecular weight excluding hydrogens is 248 g/mol.